The van der Waals surface area contributed by atoms with E-state index < -0.39 is 0 Å². The third-order valence-electron chi connectivity index (χ3n) is 9.81. The van der Waals surface area contributed by atoms with E-state index in [1.807, 2.05) is 53.2 Å². The van der Waals surface area contributed by atoms with Gasteiger partial charge in [-0.15, -0.1) is 0 Å². The quantitative estimate of drug-likeness (QED) is 0.203. The zero-order valence-corrected chi connectivity index (χ0v) is 27.7. The second-order valence-electron chi connectivity index (χ2n) is 13.2. The summed E-state index contributed by atoms with van der Waals surface area (Å²) in [5.41, 5.74) is 3.74. The summed E-state index contributed by atoms with van der Waals surface area (Å²) in [4.78, 5) is 33.0. The molecule has 0 bridgehead atoms. The molecule has 2 aromatic heterocycles. The average Bonchev–Trinajstić information content (AvgIpc) is 3.59. The van der Waals surface area contributed by atoms with Crippen LogP contribution in [0.25, 0.3) is 11.1 Å². The summed E-state index contributed by atoms with van der Waals surface area (Å²) in [7, 11) is 1.59. The van der Waals surface area contributed by atoms with Crippen LogP contribution in [0.5, 0.6) is 5.75 Å². The Labute approximate surface area is 272 Å². The van der Waals surface area contributed by atoms with Crippen molar-refractivity contribution in [2.45, 2.75) is 90.5 Å². The molecule has 244 valence electrons. The van der Waals surface area contributed by atoms with Crippen molar-refractivity contribution in [2.24, 2.45) is 17.8 Å². The first kappa shape index (κ1) is 33.2. The molecule has 0 spiro atoms. The fourth-order valence-corrected chi connectivity index (χ4v) is 7.10. The van der Waals surface area contributed by atoms with E-state index in [1.165, 1.54) is 5.56 Å². The maximum Gasteiger partial charge on any atom is 0.306 e. The van der Waals surface area contributed by atoms with Gasteiger partial charge in [0, 0.05) is 42.9 Å². The SMILES string of the molecule is CCOC(=O)C[C@H]1CC[C@H](C(=O)N(C[C@H]2CC[C@H](c3ccc(OC)c(C#N)c3)CC2)c2cc(-c3cnn(C(C)C)c3)ccn2)CC1. The monoisotopic (exact) mass is 625 g/mol. The zero-order valence-electron chi connectivity index (χ0n) is 27.7. The van der Waals surface area contributed by atoms with Crippen LogP contribution < -0.4 is 9.64 Å². The molecule has 2 aliphatic rings. The van der Waals surface area contributed by atoms with E-state index >= 15 is 0 Å². The van der Waals surface area contributed by atoms with E-state index in [1.54, 1.807) is 13.3 Å². The molecule has 0 N–H and O–H groups in total. The highest BCUT2D eigenvalue weighted by molar-refractivity contribution is 5.94. The van der Waals surface area contributed by atoms with Crippen molar-refractivity contribution in [3.63, 3.8) is 0 Å². The van der Waals surface area contributed by atoms with Gasteiger partial charge in [-0.25, -0.2) is 4.98 Å². The number of nitriles is 1. The maximum absolute atomic E-state index is 14.3. The lowest BCUT2D eigenvalue weighted by Gasteiger charge is -2.35. The summed E-state index contributed by atoms with van der Waals surface area (Å²) < 4.78 is 12.5. The number of hydrogen-bond donors (Lipinski definition) is 0. The van der Waals surface area contributed by atoms with Gasteiger partial charge in [-0.3, -0.25) is 19.2 Å². The smallest absolute Gasteiger partial charge is 0.306 e. The number of rotatable bonds is 11. The zero-order chi connectivity index (χ0) is 32.6. The van der Waals surface area contributed by atoms with E-state index in [4.69, 9.17) is 14.5 Å². The van der Waals surface area contributed by atoms with Crippen molar-refractivity contribution < 1.29 is 19.1 Å². The number of nitrogens with zero attached hydrogens (tertiary/aromatic N) is 5. The molecule has 0 atom stereocenters. The summed E-state index contributed by atoms with van der Waals surface area (Å²) in [6.45, 7) is 7.05. The van der Waals surface area contributed by atoms with Crippen molar-refractivity contribution in [1.82, 2.24) is 14.8 Å². The minimum atomic E-state index is -0.144. The summed E-state index contributed by atoms with van der Waals surface area (Å²) >= 11 is 0. The van der Waals surface area contributed by atoms with Gasteiger partial charge in [-0.2, -0.15) is 10.4 Å². The number of esters is 1. The van der Waals surface area contributed by atoms with Crippen LogP contribution in [0.4, 0.5) is 5.82 Å². The number of pyridine rings is 1. The van der Waals surface area contributed by atoms with Crippen LogP contribution in [0.2, 0.25) is 0 Å². The maximum atomic E-state index is 14.3. The van der Waals surface area contributed by atoms with Crippen LogP contribution in [-0.4, -0.2) is 46.9 Å². The number of carbonyl (C=O) groups excluding carboxylic acids is 2. The Balaban J connectivity index is 1.32. The van der Waals surface area contributed by atoms with Crippen molar-refractivity contribution >= 4 is 17.7 Å². The van der Waals surface area contributed by atoms with Gasteiger partial charge in [0.1, 0.15) is 17.6 Å². The van der Waals surface area contributed by atoms with Gasteiger partial charge in [-0.05, 0) is 125 Å². The Kier molecular flexibility index (Phi) is 11.1. The molecule has 2 heterocycles. The highest BCUT2D eigenvalue weighted by Gasteiger charge is 2.34. The molecule has 9 nitrogen and oxygen atoms in total. The highest BCUT2D eigenvalue weighted by Crippen LogP contribution is 2.39. The molecule has 1 aromatic carbocycles. The minimum Gasteiger partial charge on any atom is -0.495 e. The molecule has 0 aliphatic heterocycles. The first-order valence-corrected chi connectivity index (χ1v) is 16.8. The van der Waals surface area contributed by atoms with Gasteiger partial charge in [0.05, 0.1) is 25.5 Å². The van der Waals surface area contributed by atoms with Crippen molar-refractivity contribution in [3.05, 3.63) is 60.0 Å². The fourth-order valence-electron chi connectivity index (χ4n) is 7.10. The molecule has 0 radical (unpaired) electrons. The number of carbonyl (C=O) groups is 2. The van der Waals surface area contributed by atoms with Gasteiger partial charge in [0.15, 0.2) is 0 Å². The third kappa shape index (κ3) is 7.96. The number of amides is 1. The van der Waals surface area contributed by atoms with Crippen molar-refractivity contribution in [3.8, 4) is 22.9 Å². The second kappa shape index (κ2) is 15.4. The second-order valence-corrected chi connectivity index (χ2v) is 13.2. The summed E-state index contributed by atoms with van der Waals surface area (Å²) in [6.07, 6.45) is 13.4. The highest BCUT2D eigenvalue weighted by atomic mass is 16.5. The average molecular weight is 626 g/mol. The van der Waals surface area contributed by atoms with E-state index in [9.17, 15) is 14.9 Å². The predicted octanol–water partition coefficient (Wildman–Crippen LogP) is 7.47. The van der Waals surface area contributed by atoms with Crippen LogP contribution in [0.3, 0.4) is 0 Å². The Morgan fingerprint density at radius 3 is 2.41 bits per heavy atom. The molecular weight excluding hydrogens is 578 g/mol. The number of hydrogen-bond acceptors (Lipinski definition) is 7. The lowest BCUT2D eigenvalue weighted by atomic mass is 9.77. The van der Waals surface area contributed by atoms with Crippen LogP contribution in [0.15, 0.2) is 48.9 Å². The Bertz CT molecular complexity index is 1530. The first-order chi connectivity index (χ1) is 22.3. The van der Waals surface area contributed by atoms with Crippen molar-refractivity contribution in [2.75, 3.05) is 25.2 Å². The molecule has 1 amide bonds. The number of benzene rings is 1. The normalized spacial score (nSPS) is 21.4. The summed E-state index contributed by atoms with van der Waals surface area (Å²) in [5.74, 6) is 2.19. The van der Waals surface area contributed by atoms with E-state index in [-0.39, 0.29) is 29.8 Å². The molecule has 0 saturated heterocycles. The van der Waals surface area contributed by atoms with Gasteiger partial charge in [-0.1, -0.05) is 6.07 Å². The van der Waals surface area contributed by atoms with Gasteiger partial charge >= 0.3 is 5.97 Å². The van der Waals surface area contributed by atoms with E-state index in [0.717, 1.165) is 62.5 Å². The van der Waals surface area contributed by atoms with E-state index in [2.05, 4.69) is 31.1 Å². The van der Waals surface area contributed by atoms with Crippen molar-refractivity contribution in [1.29, 1.82) is 5.26 Å². The molecule has 5 rings (SSSR count). The fraction of sp³-hybridized carbons (Fsp3) is 0.541. The van der Waals surface area contributed by atoms with Gasteiger partial charge in [0.2, 0.25) is 5.91 Å². The Morgan fingerprint density at radius 1 is 1.02 bits per heavy atom. The lowest BCUT2D eigenvalue weighted by molar-refractivity contribution is -0.144. The van der Waals surface area contributed by atoms with Crippen LogP contribution in [0.1, 0.15) is 102 Å². The summed E-state index contributed by atoms with van der Waals surface area (Å²) in [6, 6.07) is 12.5. The number of ether oxygens (including phenoxy) is 2. The largest absolute Gasteiger partial charge is 0.495 e. The van der Waals surface area contributed by atoms with Gasteiger partial charge < -0.3 is 9.47 Å². The van der Waals surface area contributed by atoms with E-state index in [0.29, 0.717) is 48.5 Å². The van der Waals surface area contributed by atoms with Crippen LogP contribution in [-0.2, 0) is 14.3 Å². The molecular formula is C37H47N5O4. The molecule has 2 aliphatic carbocycles. The Morgan fingerprint density at radius 2 is 1.76 bits per heavy atom. The summed E-state index contributed by atoms with van der Waals surface area (Å²) in [5, 5.41) is 14.1. The Hall–Kier alpha value is -4.19. The molecule has 46 heavy (non-hydrogen) atoms. The predicted molar refractivity (Wildman–Crippen MR) is 177 cm³/mol. The molecule has 2 fully saturated rings. The molecule has 2 saturated carbocycles. The molecule has 9 heteroatoms. The number of anilines is 1. The third-order valence-corrected chi connectivity index (χ3v) is 9.81. The first-order valence-electron chi connectivity index (χ1n) is 16.8. The lowest BCUT2D eigenvalue weighted by Crippen LogP contribution is -2.42. The number of methoxy groups -OCH3 is 1. The molecule has 3 aromatic rings. The van der Waals surface area contributed by atoms with Crippen LogP contribution >= 0.6 is 0 Å². The van der Waals surface area contributed by atoms with Gasteiger partial charge in [0.25, 0.3) is 0 Å². The standard InChI is InChI=1S/C37H47N5O4/c1-5-46-36(43)18-26-6-12-29(13-7-26)37(44)41(35-20-31(16-17-39-35)33-22-40-42(24-33)25(2)3)23-27-8-10-28(11-9-27)30-14-15-34(45-4)32(19-30)21-38/h14-17,19-20,22,24-29H,5-13,18,23H2,1-4H3/t26-,27-,28-,29-. The van der Waals surface area contributed by atoms with Crippen LogP contribution in [0, 0.1) is 29.1 Å². The molecule has 0 unspecified atom stereocenters. The number of aromatic nitrogens is 3. The minimum absolute atomic E-state index is 0.0902. The topological polar surface area (TPSA) is 110 Å².